The van der Waals surface area contributed by atoms with Crippen LogP contribution in [0.5, 0.6) is 0 Å². The maximum Gasteiger partial charge on any atom is 0.312 e. The van der Waals surface area contributed by atoms with E-state index in [1.54, 1.807) is 17.5 Å². The summed E-state index contributed by atoms with van der Waals surface area (Å²) in [4.78, 5) is 16.6. The molecule has 0 fully saturated rings. The molecule has 1 aliphatic rings. The number of carboxylic acids is 1. The van der Waals surface area contributed by atoms with Gasteiger partial charge in [0, 0.05) is 22.7 Å². The minimum Gasteiger partial charge on any atom is -0.481 e. The van der Waals surface area contributed by atoms with Gasteiger partial charge < -0.3 is 10.4 Å². The first kappa shape index (κ1) is 12.2. The summed E-state index contributed by atoms with van der Waals surface area (Å²) in [5.41, 5.74) is 2.86. The molecule has 0 aliphatic heterocycles. The van der Waals surface area contributed by atoms with E-state index in [0.29, 0.717) is 13.0 Å². The van der Waals surface area contributed by atoms with Crippen LogP contribution >= 0.6 is 11.3 Å². The molecule has 0 amide bonds. The highest BCUT2D eigenvalue weighted by atomic mass is 32.1. The van der Waals surface area contributed by atoms with Gasteiger partial charge in [-0.25, -0.2) is 4.98 Å². The van der Waals surface area contributed by atoms with Crippen molar-refractivity contribution in [2.75, 3.05) is 5.32 Å². The third kappa shape index (κ3) is 2.21. The van der Waals surface area contributed by atoms with Crippen LogP contribution in [-0.4, -0.2) is 26.3 Å². The maximum atomic E-state index is 11.1. The highest BCUT2D eigenvalue weighted by molar-refractivity contribution is 7.15. The summed E-state index contributed by atoms with van der Waals surface area (Å²) in [6, 6.07) is 0. The van der Waals surface area contributed by atoms with E-state index >= 15 is 0 Å². The first-order chi connectivity index (χ1) is 9.15. The summed E-state index contributed by atoms with van der Waals surface area (Å²) in [6.45, 7) is 2.61. The number of carboxylic acid groups (broad SMARTS) is 1. The van der Waals surface area contributed by atoms with Gasteiger partial charge in [-0.3, -0.25) is 9.89 Å². The average Bonchev–Trinajstić information content (AvgIpc) is 3.00. The molecular weight excluding hydrogens is 264 g/mol. The number of thiazole rings is 1. The number of anilines is 1. The quantitative estimate of drug-likeness (QED) is 0.794. The summed E-state index contributed by atoms with van der Waals surface area (Å²) < 4.78 is 0. The lowest BCUT2D eigenvalue weighted by atomic mass is 10.1. The van der Waals surface area contributed by atoms with E-state index in [1.165, 1.54) is 0 Å². The molecule has 0 saturated carbocycles. The van der Waals surface area contributed by atoms with Crippen molar-refractivity contribution < 1.29 is 9.90 Å². The molecule has 7 heteroatoms. The van der Waals surface area contributed by atoms with Crippen LogP contribution in [0.4, 0.5) is 5.13 Å². The molecule has 2 aromatic rings. The van der Waals surface area contributed by atoms with E-state index in [0.717, 1.165) is 33.4 Å². The van der Waals surface area contributed by atoms with Crippen LogP contribution in [0.1, 0.15) is 34.2 Å². The van der Waals surface area contributed by atoms with Gasteiger partial charge in [0.2, 0.25) is 0 Å². The molecular formula is C12H14N4O2S. The van der Waals surface area contributed by atoms with Crippen LogP contribution < -0.4 is 5.32 Å². The Balaban J connectivity index is 1.72. The van der Waals surface area contributed by atoms with E-state index < -0.39 is 11.9 Å². The van der Waals surface area contributed by atoms with Crippen LogP contribution in [0.2, 0.25) is 0 Å². The number of nitrogens with zero attached hydrogens (tertiary/aromatic N) is 2. The minimum absolute atomic E-state index is 0.433. The van der Waals surface area contributed by atoms with Gasteiger partial charge in [0.15, 0.2) is 5.13 Å². The van der Waals surface area contributed by atoms with E-state index in [1.807, 2.05) is 6.92 Å². The molecule has 3 rings (SSSR count). The molecule has 100 valence electrons. The van der Waals surface area contributed by atoms with E-state index in [2.05, 4.69) is 20.5 Å². The summed E-state index contributed by atoms with van der Waals surface area (Å²) in [5, 5.41) is 20.0. The Morgan fingerprint density at radius 2 is 2.53 bits per heavy atom. The SMILES string of the molecule is Cc1[nH]ncc1CNc1nc2c(s1)CCC2C(=O)O. The summed E-state index contributed by atoms with van der Waals surface area (Å²) >= 11 is 1.55. The molecule has 1 aliphatic carbocycles. The molecule has 2 aromatic heterocycles. The van der Waals surface area contributed by atoms with Crippen molar-refractivity contribution in [3.63, 3.8) is 0 Å². The zero-order valence-corrected chi connectivity index (χ0v) is 11.3. The van der Waals surface area contributed by atoms with Gasteiger partial charge >= 0.3 is 5.97 Å². The largest absolute Gasteiger partial charge is 0.481 e. The molecule has 6 nitrogen and oxygen atoms in total. The monoisotopic (exact) mass is 278 g/mol. The fourth-order valence-electron chi connectivity index (χ4n) is 2.27. The number of nitrogens with one attached hydrogen (secondary N) is 2. The number of hydrogen-bond acceptors (Lipinski definition) is 5. The fraction of sp³-hybridized carbons (Fsp3) is 0.417. The number of hydrogen-bond donors (Lipinski definition) is 3. The summed E-state index contributed by atoms with van der Waals surface area (Å²) in [7, 11) is 0. The Kier molecular flexibility index (Phi) is 2.98. The van der Waals surface area contributed by atoms with Gasteiger partial charge in [-0.15, -0.1) is 11.3 Å². The van der Waals surface area contributed by atoms with Gasteiger partial charge in [0.1, 0.15) is 5.92 Å². The van der Waals surface area contributed by atoms with Gasteiger partial charge in [-0.05, 0) is 19.8 Å². The molecule has 1 atom stereocenters. The van der Waals surface area contributed by atoms with Crippen LogP contribution in [0.3, 0.4) is 0 Å². The maximum absolute atomic E-state index is 11.1. The summed E-state index contributed by atoms with van der Waals surface area (Å²) in [5.74, 6) is -1.21. The van der Waals surface area contributed by atoms with Crippen LogP contribution in [0.15, 0.2) is 6.20 Å². The first-order valence-corrected chi connectivity index (χ1v) is 6.92. The number of aliphatic carboxylic acids is 1. The van der Waals surface area contributed by atoms with Crippen molar-refractivity contribution in [2.24, 2.45) is 0 Å². The Bertz CT molecular complexity index is 619. The molecule has 0 bridgehead atoms. The first-order valence-electron chi connectivity index (χ1n) is 6.10. The lowest BCUT2D eigenvalue weighted by molar-refractivity contribution is -0.138. The van der Waals surface area contributed by atoms with Crippen molar-refractivity contribution in [3.8, 4) is 0 Å². The van der Waals surface area contributed by atoms with Gasteiger partial charge in [-0.2, -0.15) is 5.10 Å². The zero-order chi connectivity index (χ0) is 13.4. The van der Waals surface area contributed by atoms with Crippen molar-refractivity contribution >= 4 is 22.4 Å². The number of carbonyl (C=O) groups is 1. The second kappa shape index (κ2) is 4.65. The topological polar surface area (TPSA) is 90.9 Å². The highest BCUT2D eigenvalue weighted by Crippen LogP contribution is 2.38. The number of aryl methyl sites for hydroxylation is 2. The third-order valence-corrected chi connectivity index (χ3v) is 4.47. The molecule has 19 heavy (non-hydrogen) atoms. The van der Waals surface area contributed by atoms with Gasteiger partial charge in [-0.1, -0.05) is 0 Å². The molecule has 0 saturated heterocycles. The number of fused-ring (bicyclic) bond motifs is 1. The van der Waals surface area contributed by atoms with Crippen LogP contribution in [0.25, 0.3) is 0 Å². The van der Waals surface area contributed by atoms with E-state index in [9.17, 15) is 4.79 Å². The predicted octanol–water partition coefficient (Wildman–Crippen LogP) is 1.90. The van der Waals surface area contributed by atoms with E-state index in [-0.39, 0.29) is 0 Å². The van der Waals surface area contributed by atoms with Crippen LogP contribution in [-0.2, 0) is 17.8 Å². The fourth-order valence-corrected chi connectivity index (χ4v) is 3.30. The lowest BCUT2D eigenvalue weighted by Gasteiger charge is -2.03. The second-order valence-electron chi connectivity index (χ2n) is 4.63. The molecule has 0 aromatic carbocycles. The Hall–Kier alpha value is -1.89. The standard InChI is InChI=1S/C12H14N4O2S/c1-6-7(5-14-16-6)4-13-12-15-10-8(11(17)18)2-3-9(10)19-12/h5,8H,2-4H2,1H3,(H,13,15)(H,14,16)(H,17,18). The third-order valence-electron chi connectivity index (χ3n) is 3.38. The number of aromatic nitrogens is 3. The van der Waals surface area contributed by atoms with Crippen molar-refractivity contribution in [1.82, 2.24) is 15.2 Å². The number of H-pyrrole nitrogens is 1. The Morgan fingerprint density at radius 1 is 1.68 bits per heavy atom. The molecule has 3 N–H and O–H groups in total. The van der Waals surface area contributed by atoms with Crippen LogP contribution in [0, 0.1) is 6.92 Å². The molecule has 0 radical (unpaired) electrons. The van der Waals surface area contributed by atoms with Crippen molar-refractivity contribution in [2.45, 2.75) is 32.2 Å². The normalized spacial score (nSPS) is 17.4. The lowest BCUT2D eigenvalue weighted by Crippen LogP contribution is -2.09. The Morgan fingerprint density at radius 3 is 3.21 bits per heavy atom. The zero-order valence-electron chi connectivity index (χ0n) is 10.4. The van der Waals surface area contributed by atoms with Crippen molar-refractivity contribution in [3.05, 3.63) is 28.0 Å². The number of rotatable bonds is 4. The minimum atomic E-state index is -0.777. The van der Waals surface area contributed by atoms with E-state index in [4.69, 9.17) is 5.11 Å². The predicted molar refractivity (Wildman–Crippen MR) is 71.5 cm³/mol. The number of aromatic amines is 1. The molecule has 0 spiro atoms. The average molecular weight is 278 g/mol. The van der Waals surface area contributed by atoms with Gasteiger partial charge in [0.25, 0.3) is 0 Å². The summed E-state index contributed by atoms with van der Waals surface area (Å²) in [6.07, 6.45) is 3.27. The second-order valence-corrected chi connectivity index (χ2v) is 5.71. The van der Waals surface area contributed by atoms with Crippen molar-refractivity contribution in [1.29, 1.82) is 0 Å². The molecule has 1 unspecified atom stereocenters. The van der Waals surface area contributed by atoms with Gasteiger partial charge in [0.05, 0.1) is 11.9 Å². The highest BCUT2D eigenvalue weighted by Gasteiger charge is 2.32. The Labute approximate surface area is 113 Å². The molecule has 2 heterocycles. The smallest absolute Gasteiger partial charge is 0.312 e.